The molecule has 2 aliphatic heterocycles. The van der Waals surface area contributed by atoms with E-state index >= 15 is 0 Å². The van der Waals surface area contributed by atoms with Gasteiger partial charge in [0.1, 0.15) is 0 Å². The lowest BCUT2D eigenvalue weighted by molar-refractivity contribution is -0.127. The summed E-state index contributed by atoms with van der Waals surface area (Å²) in [6.07, 6.45) is 3.94. The molecule has 1 N–H and O–H groups in total. The number of piperazine rings is 1. The van der Waals surface area contributed by atoms with Crippen molar-refractivity contribution in [3.8, 4) is 0 Å². The number of nitrogens with one attached hydrogen (secondary N) is 1. The summed E-state index contributed by atoms with van der Waals surface area (Å²) in [6.45, 7) is 8.50. The van der Waals surface area contributed by atoms with Crippen molar-refractivity contribution >= 4 is 21.6 Å². The summed E-state index contributed by atoms with van der Waals surface area (Å²) in [5, 5.41) is 2.94. The molecule has 0 bridgehead atoms. The van der Waals surface area contributed by atoms with Gasteiger partial charge in [-0.3, -0.25) is 9.69 Å². The summed E-state index contributed by atoms with van der Waals surface area (Å²) in [4.78, 5) is 17.7. The smallest absolute Gasteiger partial charge is 0.244 e. The molecule has 7 nitrogen and oxygen atoms in total. The monoisotopic (exact) mass is 422 g/mol. The Balaban J connectivity index is 1.73. The average molecular weight is 423 g/mol. The van der Waals surface area contributed by atoms with Crippen molar-refractivity contribution in [2.24, 2.45) is 0 Å². The number of sulfonamides is 1. The molecule has 0 spiro atoms. The van der Waals surface area contributed by atoms with E-state index in [0.29, 0.717) is 18.8 Å². The van der Waals surface area contributed by atoms with Gasteiger partial charge in [0, 0.05) is 45.0 Å². The molecule has 1 aromatic carbocycles. The Bertz CT molecular complexity index is 809. The van der Waals surface area contributed by atoms with E-state index in [9.17, 15) is 13.2 Å². The second-order valence-corrected chi connectivity index (χ2v) is 10.6. The fraction of sp³-hybridized carbons (Fsp3) is 0.667. The number of benzene rings is 1. The lowest BCUT2D eigenvalue weighted by Gasteiger charge is -2.42. The van der Waals surface area contributed by atoms with Gasteiger partial charge < -0.3 is 10.2 Å². The van der Waals surface area contributed by atoms with E-state index in [0.717, 1.165) is 51.9 Å². The normalized spacial score (nSPS) is 20.9. The molecule has 0 aliphatic carbocycles. The average Bonchev–Trinajstić information content (AvgIpc) is 2.98. The fourth-order valence-corrected chi connectivity index (χ4v) is 5.52. The minimum Gasteiger partial charge on any atom is -0.324 e. The number of carbonyl (C=O) groups is 1. The number of likely N-dealkylation sites (N-methyl/N-ethyl adjacent to an activating group) is 1. The van der Waals surface area contributed by atoms with Crippen LogP contribution in [0.4, 0.5) is 5.69 Å². The Labute approximate surface area is 175 Å². The highest BCUT2D eigenvalue weighted by Crippen LogP contribution is 2.24. The van der Waals surface area contributed by atoms with Crippen LogP contribution in [0.25, 0.3) is 0 Å². The number of nitrogens with zero attached hydrogens (tertiary/aromatic N) is 3. The number of anilines is 1. The molecule has 2 aliphatic rings. The highest BCUT2D eigenvalue weighted by atomic mass is 32.2. The summed E-state index contributed by atoms with van der Waals surface area (Å²) < 4.78 is 27.7. The Morgan fingerprint density at radius 1 is 0.966 bits per heavy atom. The Hall–Kier alpha value is -1.48. The molecule has 2 fully saturated rings. The van der Waals surface area contributed by atoms with E-state index in [4.69, 9.17) is 0 Å². The van der Waals surface area contributed by atoms with E-state index in [1.54, 1.807) is 28.6 Å². The van der Waals surface area contributed by atoms with Gasteiger partial charge in [-0.15, -0.1) is 0 Å². The third-order valence-electron chi connectivity index (χ3n) is 6.14. The molecule has 29 heavy (non-hydrogen) atoms. The van der Waals surface area contributed by atoms with Gasteiger partial charge in [0.2, 0.25) is 15.9 Å². The molecule has 0 unspecified atom stereocenters. The van der Waals surface area contributed by atoms with E-state index in [1.165, 1.54) is 0 Å². The van der Waals surface area contributed by atoms with Crippen LogP contribution in [0.2, 0.25) is 0 Å². The second-order valence-electron chi connectivity index (χ2n) is 8.65. The molecule has 2 heterocycles. The van der Waals surface area contributed by atoms with Crippen molar-refractivity contribution < 1.29 is 13.2 Å². The fourth-order valence-electron chi connectivity index (χ4n) is 3.96. The van der Waals surface area contributed by atoms with Crippen molar-refractivity contribution in [2.75, 3.05) is 51.6 Å². The Kier molecular flexibility index (Phi) is 6.98. The van der Waals surface area contributed by atoms with Gasteiger partial charge >= 0.3 is 0 Å². The van der Waals surface area contributed by atoms with Gasteiger partial charge in [-0.05, 0) is 51.9 Å². The first kappa shape index (κ1) is 22.2. The van der Waals surface area contributed by atoms with Crippen LogP contribution in [0.3, 0.4) is 0 Å². The van der Waals surface area contributed by atoms with Crippen molar-refractivity contribution in [3.63, 3.8) is 0 Å². The Morgan fingerprint density at radius 3 is 2.21 bits per heavy atom. The second kappa shape index (κ2) is 9.12. The van der Waals surface area contributed by atoms with Gasteiger partial charge in [-0.2, -0.15) is 4.31 Å². The van der Waals surface area contributed by atoms with Gasteiger partial charge in [-0.1, -0.05) is 18.9 Å². The van der Waals surface area contributed by atoms with Crippen LogP contribution in [0, 0.1) is 0 Å². The van der Waals surface area contributed by atoms with Gasteiger partial charge in [-0.25, -0.2) is 8.42 Å². The number of carbonyl (C=O) groups excluding carboxylic acids is 1. The van der Waals surface area contributed by atoms with Crippen molar-refractivity contribution in [1.82, 2.24) is 14.1 Å². The van der Waals surface area contributed by atoms with Crippen LogP contribution in [-0.2, 0) is 14.8 Å². The minimum atomic E-state index is -3.54. The molecule has 8 heteroatoms. The largest absolute Gasteiger partial charge is 0.324 e. The quantitative estimate of drug-likeness (QED) is 0.788. The maximum Gasteiger partial charge on any atom is 0.244 e. The van der Waals surface area contributed by atoms with Crippen molar-refractivity contribution in [1.29, 1.82) is 0 Å². The van der Waals surface area contributed by atoms with Crippen LogP contribution < -0.4 is 5.32 Å². The van der Waals surface area contributed by atoms with Gasteiger partial charge in [0.25, 0.3) is 0 Å². The lowest BCUT2D eigenvalue weighted by Crippen LogP contribution is -2.58. The molecule has 0 aromatic heterocycles. The first-order valence-corrected chi connectivity index (χ1v) is 12.0. The maximum atomic E-state index is 13.1. The van der Waals surface area contributed by atoms with Crippen LogP contribution in [0.5, 0.6) is 0 Å². The first-order chi connectivity index (χ1) is 13.7. The Morgan fingerprint density at radius 2 is 1.59 bits per heavy atom. The SMILES string of the molecule is CN1CCN(C(C)(C)C(=O)Nc2cccc(S(=O)(=O)N3CCCCCC3)c2)CC1. The highest BCUT2D eigenvalue weighted by molar-refractivity contribution is 7.89. The van der Waals surface area contributed by atoms with Crippen LogP contribution >= 0.6 is 0 Å². The third-order valence-corrected chi connectivity index (χ3v) is 8.04. The predicted octanol–water partition coefficient (Wildman–Crippen LogP) is 2.22. The molecular formula is C21H34N4O3S. The van der Waals surface area contributed by atoms with E-state index < -0.39 is 15.6 Å². The summed E-state index contributed by atoms with van der Waals surface area (Å²) in [5.41, 5.74) is -0.144. The molecule has 1 aromatic rings. The van der Waals surface area contributed by atoms with Crippen LogP contribution in [0.1, 0.15) is 39.5 Å². The topological polar surface area (TPSA) is 73.0 Å². The third kappa shape index (κ3) is 5.17. The minimum absolute atomic E-state index is 0.119. The predicted molar refractivity (Wildman–Crippen MR) is 115 cm³/mol. The first-order valence-electron chi connectivity index (χ1n) is 10.6. The van der Waals surface area contributed by atoms with E-state index in [2.05, 4.69) is 22.2 Å². The van der Waals surface area contributed by atoms with Crippen LogP contribution in [0.15, 0.2) is 29.2 Å². The number of amides is 1. The summed E-state index contributed by atoms with van der Waals surface area (Å²) in [7, 11) is -1.46. The maximum absolute atomic E-state index is 13.1. The standard InChI is InChI=1S/C21H34N4O3S/c1-21(2,24-15-13-23(3)14-16-24)20(26)22-18-9-8-10-19(17-18)29(27,28)25-11-6-4-5-7-12-25/h8-10,17H,4-7,11-16H2,1-3H3,(H,22,26). The van der Waals surface area contributed by atoms with Crippen LogP contribution in [-0.4, -0.2) is 80.3 Å². The molecule has 2 saturated heterocycles. The number of hydrogen-bond acceptors (Lipinski definition) is 5. The van der Waals surface area contributed by atoms with Gasteiger partial charge in [0.05, 0.1) is 10.4 Å². The van der Waals surface area contributed by atoms with E-state index in [-0.39, 0.29) is 10.8 Å². The van der Waals surface area contributed by atoms with Gasteiger partial charge in [0.15, 0.2) is 0 Å². The summed E-state index contributed by atoms with van der Waals surface area (Å²) in [6, 6.07) is 6.64. The molecule has 1 amide bonds. The molecule has 0 saturated carbocycles. The lowest BCUT2D eigenvalue weighted by atomic mass is 10.00. The molecular weight excluding hydrogens is 388 g/mol. The van der Waals surface area contributed by atoms with Crippen molar-refractivity contribution in [3.05, 3.63) is 24.3 Å². The summed E-state index contributed by atoms with van der Waals surface area (Å²) in [5.74, 6) is -0.119. The zero-order valence-electron chi connectivity index (χ0n) is 17.9. The molecule has 0 atom stereocenters. The zero-order valence-corrected chi connectivity index (χ0v) is 18.7. The number of rotatable bonds is 5. The molecule has 162 valence electrons. The molecule has 3 rings (SSSR count). The summed E-state index contributed by atoms with van der Waals surface area (Å²) >= 11 is 0. The van der Waals surface area contributed by atoms with E-state index in [1.807, 2.05) is 13.8 Å². The highest BCUT2D eigenvalue weighted by Gasteiger charge is 2.36. The number of hydrogen-bond donors (Lipinski definition) is 1. The van der Waals surface area contributed by atoms with Crippen molar-refractivity contribution in [2.45, 2.75) is 50.0 Å². The molecule has 0 radical (unpaired) electrons. The zero-order chi connectivity index (χ0) is 21.1.